The van der Waals surface area contributed by atoms with E-state index in [0.717, 1.165) is 18.7 Å². The maximum absolute atomic E-state index is 12.1. The van der Waals surface area contributed by atoms with Crippen LogP contribution in [0.15, 0.2) is 18.2 Å². The highest BCUT2D eigenvalue weighted by atomic mass is 35.5. The molecule has 5 heteroatoms. The van der Waals surface area contributed by atoms with Gasteiger partial charge in [0.15, 0.2) is 0 Å². The largest absolute Gasteiger partial charge is 0.384 e. The molecule has 0 spiro atoms. The number of carbonyl (C=O) groups is 1. The highest BCUT2D eigenvalue weighted by molar-refractivity contribution is 7.98. The minimum Gasteiger partial charge on any atom is -0.384 e. The summed E-state index contributed by atoms with van der Waals surface area (Å²) in [7, 11) is 3.50. The summed E-state index contributed by atoms with van der Waals surface area (Å²) in [4.78, 5) is 13.6. The molecular weight excluding hydrogens is 280 g/mol. The van der Waals surface area contributed by atoms with Gasteiger partial charge < -0.3 is 10.2 Å². The Balaban J connectivity index is 2.69. The number of amides is 1. The molecule has 0 bridgehead atoms. The Morgan fingerprint density at radius 2 is 2.11 bits per heavy atom. The zero-order chi connectivity index (χ0) is 14.3. The first-order chi connectivity index (χ1) is 9.06. The first-order valence-corrected chi connectivity index (χ1v) is 8.07. The van der Waals surface area contributed by atoms with Crippen LogP contribution in [0.2, 0.25) is 5.02 Å². The normalized spacial score (nSPS) is 10.3. The highest BCUT2D eigenvalue weighted by Gasteiger charge is 2.13. The van der Waals surface area contributed by atoms with E-state index in [2.05, 4.69) is 11.6 Å². The first kappa shape index (κ1) is 16.2. The molecule has 0 saturated heterocycles. The Hall–Kier alpha value is -0.870. The fraction of sp³-hybridized carbons (Fsp3) is 0.500. The second-order valence-electron chi connectivity index (χ2n) is 4.52. The van der Waals surface area contributed by atoms with Gasteiger partial charge in [-0.2, -0.15) is 11.8 Å². The van der Waals surface area contributed by atoms with Crippen molar-refractivity contribution in [3.05, 3.63) is 28.8 Å². The number of benzene rings is 1. The lowest BCUT2D eigenvalue weighted by molar-refractivity contribution is 0.0828. The summed E-state index contributed by atoms with van der Waals surface area (Å²) in [6, 6.07) is 5.33. The van der Waals surface area contributed by atoms with Crippen molar-refractivity contribution >= 4 is 35.0 Å². The summed E-state index contributed by atoms with van der Waals surface area (Å²) >= 11 is 7.85. The third-order valence-corrected chi connectivity index (χ3v) is 3.64. The number of carbonyl (C=O) groups excluding carboxylic acids is 1. The monoisotopic (exact) mass is 300 g/mol. The lowest BCUT2D eigenvalue weighted by Crippen LogP contribution is -2.23. The van der Waals surface area contributed by atoms with E-state index in [0.29, 0.717) is 10.6 Å². The summed E-state index contributed by atoms with van der Waals surface area (Å²) in [5, 5.41) is 3.95. The van der Waals surface area contributed by atoms with E-state index >= 15 is 0 Å². The summed E-state index contributed by atoms with van der Waals surface area (Å²) < 4.78 is 0. The predicted octanol–water partition coefficient (Wildman–Crippen LogP) is 3.60. The van der Waals surface area contributed by atoms with E-state index in [1.54, 1.807) is 31.1 Å². The molecule has 1 amide bonds. The van der Waals surface area contributed by atoms with E-state index in [1.165, 1.54) is 12.2 Å². The lowest BCUT2D eigenvalue weighted by Gasteiger charge is -2.15. The molecule has 0 unspecified atom stereocenters. The standard InChI is InChI=1S/C14H21ClN2OS/c1-17(2)14(18)12-7-6-11(15)10-13(12)16-8-4-5-9-19-3/h6-7,10,16H,4-5,8-9H2,1-3H3. The number of unbranched alkanes of at least 4 members (excludes halogenated alkanes) is 1. The number of thioether (sulfide) groups is 1. The van der Waals surface area contributed by atoms with Gasteiger partial charge in [-0.15, -0.1) is 0 Å². The van der Waals surface area contributed by atoms with Crippen molar-refractivity contribution in [2.45, 2.75) is 12.8 Å². The van der Waals surface area contributed by atoms with Gasteiger partial charge in [0.05, 0.1) is 5.56 Å². The van der Waals surface area contributed by atoms with Crippen LogP contribution in [-0.4, -0.2) is 43.5 Å². The van der Waals surface area contributed by atoms with Gasteiger partial charge in [0.25, 0.3) is 5.91 Å². The van der Waals surface area contributed by atoms with Gasteiger partial charge in [-0.05, 0) is 43.0 Å². The number of halogens is 1. The molecule has 0 heterocycles. The SMILES string of the molecule is CSCCCCNc1cc(Cl)ccc1C(=O)N(C)C. The first-order valence-electron chi connectivity index (χ1n) is 6.30. The van der Waals surface area contributed by atoms with Crippen LogP contribution in [0.4, 0.5) is 5.69 Å². The number of hydrogen-bond donors (Lipinski definition) is 1. The Labute approximate surface area is 124 Å². The quantitative estimate of drug-likeness (QED) is 0.781. The molecule has 1 aromatic rings. The third-order valence-electron chi connectivity index (χ3n) is 2.71. The average molecular weight is 301 g/mol. The van der Waals surface area contributed by atoms with Crippen molar-refractivity contribution in [2.75, 3.05) is 38.0 Å². The van der Waals surface area contributed by atoms with Gasteiger partial charge in [0, 0.05) is 31.4 Å². The van der Waals surface area contributed by atoms with E-state index < -0.39 is 0 Å². The molecule has 0 aromatic heterocycles. The topological polar surface area (TPSA) is 32.3 Å². The zero-order valence-corrected chi connectivity index (χ0v) is 13.3. The van der Waals surface area contributed by atoms with Gasteiger partial charge in [-0.25, -0.2) is 0 Å². The van der Waals surface area contributed by atoms with Gasteiger partial charge in [0.2, 0.25) is 0 Å². The van der Waals surface area contributed by atoms with Crippen molar-refractivity contribution in [1.82, 2.24) is 4.90 Å². The van der Waals surface area contributed by atoms with Crippen LogP contribution in [0.3, 0.4) is 0 Å². The fourth-order valence-electron chi connectivity index (χ4n) is 1.68. The average Bonchev–Trinajstić information content (AvgIpc) is 2.38. The molecule has 0 saturated carbocycles. The Kier molecular flexibility index (Phi) is 7.10. The van der Waals surface area contributed by atoms with E-state index in [1.807, 2.05) is 17.8 Å². The summed E-state index contributed by atoms with van der Waals surface area (Å²) in [6.07, 6.45) is 4.37. The molecular formula is C14H21ClN2OS. The maximum atomic E-state index is 12.1. The molecule has 0 aliphatic carbocycles. The molecule has 1 aromatic carbocycles. The molecule has 0 fully saturated rings. The minimum atomic E-state index is -0.0109. The maximum Gasteiger partial charge on any atom is 0.255 e. The molecule has 0 atom stereocenters. The van der Waals surface area contributed by atoms with Crippen LogP contribution in [0.5, 0.6) is 0 Å². The Morgan fingerprint density at radius 3 is 2.74 bits per heavy atom. The second-order valence-corrected chi connectivity index (χ2v) is 5.94. The molecule has 0 radical (unpaired) electrons. The van der Waals surface area contributed by atoms with Crippen LogP contribution < -0.4 is 5.32 Å². The number of hydrogen-bond acceptors (Lipinski definition) is 3. The third kappa shape index (κ3) is 5.33. The molecule has 3 nitrogen and oxygen atoms in total. The lowest BCUT2D eigenvalue weighted by atomic mass is 10.1. The molecule has 1 N–H and O–H groups in total. The minimum absolute atomic E-state index is 0.0109. The van der Waals surface area contributed by atoms with Crippen molar-refractivity contribution in [3.63, 3.8) is 0 Å². The number of nitrogens with one attached hydrogen (secondary N) is 1. The Bertz CT molecular complexity index is 424. The highest BCUT2D eigenvalue weighted by Crippen LogP contribution is 2.22. The van der Waals surface area contributed by atoms with Crippen molar-refractivity contribution in [3.8, 4) is 0 Å². The van der Waals surface area contributed by atoms with Crippen LogP contribution in [-0.2, 0) is 0 Å². The van der Waals surface area contributed by atoms with Gasteiger partial charge in [-0.1, -0.05) is 11.6 Å². The number of nitrogens with zero attached hydrogens (tertiary/aromatic N) is 1. The molecule has 106 valence electrons. The van der Waals surface area contributed by atoms with Crippen LogP contribution in [0.25, 0.3) is 0 Å². The predicted molar refractivity (Wildman–Crippen MR) is 85.6 cm³/mol. The van der Waals surface area contributed by atoms with Gasteiger partial charge in [-0.3, -0.25) is 4.79 Å². The van der Waals surface area contributed by atoms with Crippen LogP contribution in [0.1, 0.15) is 23.2 Å². The molecule has 1 rings (SSSR count). The fourth-order valence-corrected chi connectivity index (χ4v) is 2.35. The molecule has 0 aliphatic rings. The van der Waals surface area contributed by atoms with Crippen molar-refractivity contribution < 1.29 is 4.79 Å². The summed E-state index contributed by atoms with van der Waals surface area (Å²) in [6.45, 7) is 0.856. The van der Waals surface area contributed by atoms with Gasteiger partial charge >= 0.3 is 0 Å². The molecule has 19 heavy (non-hydrogen) atoms. The number of rotatable bonds is 7. The zero-order valence-electron chi connectivity index (χ0n) is 11.7. The summed E-state index contributed by atoms with van der Waals surface area (Å²) in [5.41, 5.74) is 1.48. The van der Waals surface area contributed by atoms with E-state index in [-0.39, 0.29) is 5.91 Å². The van der Waals surface area contributed by atoms with Gasteiger partial charge in [0.1, 0.15) is 0 Å². The van der Waals surface area contributed by atoms with E-state index in [9.17, 15) is 4.79 Å². The van der Waals surface area contributed by atoms with Crippen LogP contribution in [0, 0.1) is 0 Å². The summed E-state index contributed by atoms with van der Waals surface area (Å²) in [5.74, 6) is 1.16. The van der Waals surface area contributed by atoms with Crippen LogP contribution >= 0.6 is 23.4 Å². The number of anilines is 1. The second kappa shape index (κ2) is 8.33. The Morgan fingerprint density at radius 1 is 1.37 bits per heavy atom. The smallest absolute Gasteiger partial charge is 0.255 e. The molecule has 0 aliphatic heterocycles. The van der Waals surface area contributed by atoms with Crippen molar-refractivity contribution in [2.24, 2.45) is 0 Å². The van der Waals surface area contributed by atoms with Crippen molar-refractivity contribution in [1.29, 1.82) is 0 Å². The van der Waals surface area contributed by atoms with E-state index in [4.69, 9.17) is 11.6 Å².